The average Bonchev–Trinajstić information content (AvgIpc) is 1.99. The van der Waals surface area contributed by atoms with Gasteiger partial charge in [0.2, 0.25) is 0 Å². The summed E-state index contributed by atoms with van der Waals surface area (Å²) in [6, 6.07) is 1.88. The van der Waals surface area contributed by atoms with Crippen molar-refractivity contribution in [3.8, 4) is 0 Å². The maximum Gasteiger partial charge on any atom is 0.196 e. The van der Waals surface area contributed by atoms with Gasteiger partial charge in [-0.2, -0.15) is 0 Å². The van der Waals surface area contributed by atoms with Crippen molar-refractivity contribution in [1.82, 2.24) is 0 Å². The van der Waals surface area contributed by atoms with Crippen LogP contribution in [0.5, 0.6) is 0 Å². The number of hydrogen-bond acceptors (Lipinski definition) is 0. The van der Waals surface area contributed by atoms with Crippen molar-refractivity contribution in [2.75, 3.05) is 0 Å². The van der Waals surface area contributed by atoms with E-state index in [2.05, 4.69) is 4.85 Å². The lowest BCUT2D eigenvalue weighted by Crippen LogP contribution is -2.14. The first-order chi connectivity index (χ1) is 6.36. The fourth-order valence-corrected chi connectivity index (χ4v) is 1.39. The minimum atomic E-state index is -0.707. The topological polar surface area (TPSA) is 4.36 Å². The third kappa shape index (κ3) is 1.90. The van der Waals surface area contributed by atoms with Crippen molar-refractivity contribution in [3.63, 3.8) is 0 Å². The molecule has 0 N–H and O–H groups in total. The number of benzene rings is 1. The molecule has 0 heterocycles. The Kier molecular flexibility index (Phi) is 2.57. The Hall–Kier alpha value is -1.43. The highest BCUT2D eigenvalue weighted by atomic mass is 19.1. The molecular formula is C11H11F2N. The third-order valence-corrected chi connectivity index (χ3v) is 1.90. The van der Waals surface area contributed by atoms with Gasteiger partial charge in [0.15, 0.2) is 5.69 Å². The molecule has 0 bridgehead atoms. The Balaban J connectivity index is 3.51. The molecule has 0 aliphatic heterocycles. The highest BCUT2D eigenvalue weighted by Gasteiger charge is 2.23. The lowest BCUT2D eigenvalue weighted by atomic mass is 9.85. The van der Waals surface area contributed by atoms with Crippen LogP contribution in [0, 0.1) is 18.2 Å². The summed E-state index contributed by atoms with van der Waals surface area (Å²) in [7, 11) is 0. The molecule has 0 atom stereocenters. The molecule has 0 radical (unpaired) electrons. The van der Waals surface area contributed by atoms with Crippen molar-refractivity contribution < 1.29 is 8.78 Å². The van der Waals surface area contributed by atoms with E-state index in [0.29, 0.717) is 0 Å². The quantitative estimate of drug-likeness (QED) is 0.554. The predicted molar refractivity (Wildman–Crippen MR) is 51.3 cm³/mol. The normalized spacial score (nSPS) is 11.1. The van der Waals surface area contributed by atoms with Crippen LogP contribution in [-0.2, 0) is 5.41 Å². The third-order valence-electron chi connectivity index (χ3n) is 1.90. The number of nitrogens with zero attached hydrogens (tertiary/aromatic N) is 1. The minimum Gasteiger partial charge on any atom is -0.238 e. The van der Waals surface area contributed by atoms with Crippen molar-refractivity contribution in [3.05, 3.63) is 40.7 Å². The van der Waals surface area contributed by atoms with Crippen LogP contribution in [0.25, 0.3) is 4.85 Å². The van der Waals surface area contributed by atoms with E-state index in [4.69, 9.17) is 6.57 Å². The second kappa shape index (κ2) is 3.38. The fraction of sp³-hybridized carbons (Fsp3) is 0.364. The Labute approximate surface area is 82.2 Å². The molecule has 1 rings (SSSR count). The van der Waals surface area contributed by atoms with E-state index in [0.717, 1.165) is 12.1 Å². The van der Waals surface area contributed by atoms with Crippen LogP contribution in [0.3, 0.4) is 0 Å². The van der Waals surface area contributed by atoms with E-state index in [1.54, 1.807) is 20.8 Å². The highest BCUT2D eigenvalue weighted by molar-refractivity contribution is 5.55. The van der Waals surface area contributed by atoms with Gasteiger partial charge < -0.3 is 0 Å². The van der Waals surface area contributed by atoms with Crippen LogP contribution >= 0.6 is 0 Å². The van der Waals surface area contributed by atoms with Gasteiger partial charge in [0.25, 0.3) is 0 Å². The SMILES string of the molecule is [C-]#[N+]c1cc(F)cc(F)c1C(C)(C)C. The van der Waals surface area contributed by atoms with E-state index in [1.807, 2.05) is 0 Å². The van der Waals surface area contributed by atoms with Gasteiger partial charge in [-0.05, 0) is 17.0 Å². The molecule has 74 valence electrons. The zero-order chi connectivity index (χ0) is 10.9. The van der Waals surface area contributed by atoms with Crippen LogP contribution < -0.4 is 0 Å². The Bertz CT molecular complexity index is 397. The molecule has 14 heavy (non-hydrogen) atoms. The second-order valence-electron chi connectivity index (χ2n) is 4.14. The average molecular weight is 195 g/mol. The molecule has 0 amide bonds. The monoisotopic (exact) mass is 195 g/mol. The second-order valence-corrected chi connectivity index (χ2v) is 4.14. The van der Waals surface area contributed by atoms with Crippen molar-refractivity contribution in [2.24, 2.45) is 0 Å². The van der Waals surface area contributed by atoms with E-state index in [1.165, 1.54) is 0 Å². The summed E-state index contributed by atoms with van der Waals surface area (Å²) in [5.41, 5.74) is -0.165. The Morgan fingerprint density at radius 3 is 2.21 bits per heavy atom. The van der Waals surface area contributed by atoms with Gasteiger partial charge in [0.05, 0.1) is 6.57 Å². The summed E-state index contributed by atoms with van der Waals surface area (Å²) >= 11 is 0. The van der Waals surface area contributed by atoms with Gasteiger partial charge in [-0.1, -0.05) is 20.8 Å². The van der Waals surface area contributed by atoms with Crippen molar-refractivity contribution >= 4 is 5.69 Å². The first-order valence-electron chi connectivity index (χ1n) is 4.23. The zero-order valence-corrected chi connectivity index (χ0v) is 8.36. The molecule has 0 unspecified atom stereocenters. The molecule has 0 aliphatic rings. The van der Waals surface area contributed by atoms with Gasteiger partial charge in [0.1, 0.15) is 11.6 Å². The highest BCUT2D eigenvalue weighted by Crippen LogP contribution is 2.34. The lowest BCUT2D eigenvalue weighted by Gasteiger charge is -2.21. The number of hydrogen-bond donors (Lipinski definition) is 0. The fourth-order valence-electron chi connectivity index (χ4n) is 1.39. The molecule has 0 saturated carbocycles. The molecule has 0 spiro atoms. The standard InChI is InChI=1S/C11H11F2N/c1-11(2,3)10-8(13)5-7(12)6-9(10)14-4/h5-6H,1-3H3. The summed E-state index contributed by atoms with van der Waals surface area (Å²) in [5.74, 6) is -1.36. The van der Waals surface area contributed by atoms with E-state index < -0.39 is 17.0 Å². The molecular weight excluding hydrogens is 184 g/mol. The van der Waals surface area contributed by atoms with Gasteiger partial charge in [-0.25, -0.2) is 13.6 Å². The first-order valence-corrected chi connectivity index (χ1v) is 4.23. The predicted octanol–water partition coefficient (Wildman–Crippen LogP) is 3.81. The van der Waals surface area contributed by atoms with Crippen molar-refractivity contribution in [1.29, 1.82) is 0 Å². The smallest absolute Gasteiger partial charge is 0.196 e. The lowest BCUT2D eigenvalue weighted by molar-refractivity contribution is 0.514. The van der Waals surface area contributed by atoms with Crippen molar-refractivity contribution in [2.45, 2.75) is 26.2 Å². The maximum atomic E-state index is 13.4. The summed E-state index contributed by atoms with van der Waals surface area (Å²) < 4.78 is 26.2. The zero-order valence-electron chi connectivity index (χ0n) is 8.36. The summed E-state index contributed by atoms with van der Waals surface area (Å²) in [4.78, 5) is 3.13. The molecule has 0 aliphatic carbocycles. The number of halogens is 2. The van der Waals surface area contributed by atoms with Gasteiger partial charge in [-0.3, -0.25) is 0 Å². The molecule has 0 saturated heterocycles. The van der Waals surface area contributed by atoms with E-state index in [9.17, 15) is 8.78 Å². The van der Waals surface area contributed by atoms with Gasteiger partial charge >= 0.3 is 0 Å². The molecule has 1 aromatic carbocycles. The molecule has 0 fully saturated rings. The first kappa shape index (κ1) is 10.6. The van der Waals surface area contributed by atoms with E-state index in [-0.39, 0.29) is 11.3 Å². The van der Waals surface area contributed by atoms with Crippen LogP contribution in [0.1, 0.15) is 26.3 Å². The Morgan fingerprint density at radius 1 is 1.21 bits per heavy atom. The summed E-state index contributed by atoms with van der Waals surface area (Å²) in [6.07, 6.45) is 0. The summed E-state index contributed by atoms with van der Waals surface area (Å²) in [5, 5.41) is 0. The summed E-state index contributed by atoms with van der Waals surface area (Å²) in [6.45, 7) is 12.2. The van der Waals surface area contributed by atoms with Crippen LogP contribution in [0.4, 0.5) is 14.5 Å². The van der Waals surface area contributed by atoms with Crippen LogP contribution in [-0.4, -0.2) is 0 Å². The number of rotatable bonds is 0. The molecule has 0 aromatic heterocycles. The maximum absolute atomic E-state index is 13.4. The van der Waals surface area contributed by atoms with Crippen LogP contribution in [0.15, 0.2) is 12.1 Å². The van der Waals surface area contributed by atoms with Crippen LogP contribution in [0.2, 0.25) is 0 Å². The molecule has 1 nitrogen and oxygen atoms in total. The van der Waals surface area contributed by atoms with Gasteiger partial charge in [0, 0.05) is 6.07 Å². The Morgan fingerprint density at radius 2 is 1.79 bits per heavy atom. The molecule has 3 heteroatoms. The molecule has 1 aromatic rings. The van der Waals surface area contributed by atoms with E-state index >= 15 is 0 Å². The largest absolute Gasteiger partial charge is 0.238 e. The van der Waals surface area contributed by atoms with Gasteiger partial charge in [-0.15, -0.1) is 0 Å². The minimum absolute atomic E-state index is 0.0509.